The molecule has 0 radical (unpaired) electrons. The van der Waals surface area contributed by atoms with Crippen LogP contribution < -0.4 is 18.9 Å². The highest BCUT2D eigenvalue weighted by molar-refractivity contribution is 5.92. The standard InChI is InChI=1S/C23H23N3O5/c1-15-10-18(25(2)24-15)23(27)26(11-16-6-5-9-21-22(16)30-14-29-21)12-17-13-28-19-7-3-4-8-20(19)31-17/h3-10,17H,11-14H2,1-2H3/t17-/m0/s1. The summed E-state index contributed by atoms with van der Waals surface area (Å²) < 4.78 is 24.7. The molecule has 0 spiro atoms. The zero-order chi connectivity index (χ0) is 21.4. The molecule has 160 valence electrons. The summed E-state index contributed by atoms with van der Waals surface area (Å²) in [4.78, 5) is 15.2. The molecule has 1 amide bonds. The number of hydrogen-bond donors (Lipinski definition) is 0. The number of aromatic nitrogens is 2. The molecular formula is C23H23N3O5. The van der Waals surface area contributed by atoms with Gasteiger partial charge in [0.15, 0.2) is 29.1 Å². The van der Waals surface area contributed by atoms with Crippen LogP contribution in [-0.2, 0) is 13.6 Å². The van der Waals surface area contributed by atoms with E-state index in [0.29, 0.717) is 48.4 Å². The van der Waals surface area contributed by atoms with E-state index in [1.807, 2.05) is 49.4 Å². The van der Waals surface area contributed by atoms with E-state index in [-0.39, 0.29) is 18.8 Å². The average molecular weight is 421 g/mol. The van der Waals surface area contributed by atoms with Gasteiger partial charge in [0, 0.05) is 19.2 Å². The first-order valence-corrected chi connectivity index (χ1v) is 10.1. The van der Waals surface area contributed by atoms with Crippen molar-refractivity contribution in [1.82, 2.24) is 14.7 Å². The molecule has 5 rings (SSSR count). The summed E-state index contributed by atoms with van der Waals surface area (Å²) in [6.07, 6.45) is -0.304. The van der Waals surface area contributed by atoms with Gasteiger partial charge < -0.3 is 23.8 Å². The zero-order valence-corrected chi connectivity index (χ0v) is 17.4. The fourth-order valence-electron chi connectivity index (χ4n) is 3.91. The van der Waals surface area contributed by atoms with Crippen LogP contribution in [0.4, 0.5) is 0 Å². The lowest BCUT2D eigenvalue weighted by Crippen LogP contribution is -2.43. The molecule has 0 bridgehead atoms. The Morgan fingerprint density at radius 2 is 1.90 bits per heavy atom. The Balaban J connectivity index is 1.43. The number of rotatable bonds is 5. The van der Waals surface area contributed by atoms with Crippen LogP contribution in [0.1, 0.15) is 21.7 Å². The number of carbonyl (C=O) groups is 1. The normalized spacial score (nSPS) is 16.3. The minimum Gasteiger partial charge on any atom is -0.486 e. The molecular weight excluding hydrogens is 398 g/mol. The molecule has 0 fully saturated rings. The van der Waals surface area contributed by atoms with Gasteiger partial charge in [0.1, 0.15) is 12.3 Å². The highest BCUT2D eigenvalue weighted by atomic mass is 16.7. The molecule has 1 atom stereocenters. The molecule has 0 aliphatic carbocycles. The molecule has 31 heavy (non-hydrogen) atoms. The second-order valence-electron chi connectivity index (χ2n) is 7.63. The van der Waals surface area contributed by atoms with Crippen LogP contribution in [0.3, 0.4) is 0 Å². The molecule has 2 aromatic carbocycles. The van der Waals surface area contributed by atoms with E-state index in [9.17, 15) is 4.79 Å². The minimum absolute atomic E-state index is 0.137. The third-order valence-electron chi connectivity index (χ3n) is 5.34. The third-order valence-corrected chi connectivity index (χ3v) is 5.34. The Labute approximate surface area is 179 Å². The van der Waals surface area contributed by atoms with E-state index in [1.54, 1.807) is 22.7 Å². The van der Waals surface area contributed by atoms with Crippen LogP contribution in [0.5, 0.6) is 23.0 Å². The smallest absolute Gasteiger partial charge is 0.272 e. The highest BCUT2D eigenvalue weighted by Crippen LogP contribution is 2.36. The number of aryl methyl sites for hydroxylation is 2. The first-order valence-electron chi connectivity index (χ1n) is 10.1. The number of para-hydroxylation sites is 3. The van der Waals surface area contributed by atoms with Crippen LogP contribution in [0.15, 0.2) is 48.5 Å². The SMILES string of the molecule is Cc1cc(C(=O)N(Cc2cccc3c2OCO3)C[C@H]2COc3ccccc3O2)n(C)n1. The Bertz CT molecular complexity index is 1130. The van der Waals surface area contributed by atoms with Gasteiger partial charge in [0.05, 0.1) is 12.2 Å². The van der Waals surface area contributed by atoms with Gasteiger partial charge in [0.2, 0.25) is 6.79 Å². The molecule has 0 unspecified atom stereocenters. The maximum Gasteiger partial charge on any atom is 0.272 e. The monoisotopic (exact) mass is 421 g/mol. The predicted molar refractivity (Wildman–Crippen MR) is 112 cm³/mol. The van der Waals surface area contributed by atoms with Crippen LogP contribution in [0.25, 0.3) is 0 Å². The lowest BCUT2D eigenvalue weighted by Gasteiger charge is -2.31. The largest absolute Gasteiger partial charge is 0.486 e. The fourth-order valence-corrected chi connectivity index (χ4v) is 3.91. The van der Waals surface area contributed by atoms with Crippen LogP contribution in [0.2, 0.25) is 0 Å². The first kappa shape index (κ1) is 19.3. The summed E-state index contributed by atoms with van der Waals surface area (Å²) in [5, 5.41) is 4.32. The van der Waals surface area contributed by atoms with Gasteiger partial charge in [-0.05, 0) is 31.2 Å². The molecule has 3 heterocycles. The van der Waals surface area contributed by atoms with E-state index in [2.05, 4.69) is 5.10 Å². The van der Waals surface area contributed by atoms with Gasteiger partial charge in [-0.3, -0.25) is 9.48 Å². The van der Waals surface area contributed by atoms with Crippen molar-refractivity contribution in [3.05, 3.63) is 65.5 Å². The summed E-state index contributed by atoms with van der Waals surface area (Å²) in [6.45, 7) is 3.10. The van der Waals surface area contributed by atoms with Crippen LogP contribution in [0, 0.1) is 6.92 Å². The number of benzene rings is 2. The van der Waals surface area contributed by atoms with Crippen molar-refractivity contribution in [3.63, 3.8) is 0 Å². The third kappa shape index (κ3) is 3.76. The van der Waals surface area contributed by atoms with E-state index in [0.717, 1.165) is 11.3 Å². The molecule has 8 nitrogen and oxygen atoms in total. The molecule has 0 N–H and O–H groups in total. The number of hydrogen-bond acceptors (Lipinski definition) is 6. The number of carbonyl (C=O) groups excluding carboxylic acids is 1. The van der Waals surface area contributed by atoms with Crippen molar-refractivity contribution < 1.29 is 23.7 Å². The number of nitrogens with zero attached hydrogens (tertiary/aromatic N) is 3. The van der Waals surface area contributed by atoms with Gasteiger partial charge in [-0.2, -0.15) is 5.10 Å². The second kappa shape index (κ2) is 7.86. The van der Waals surface area contributed by atoms with Crippen molar-refractivity contribution in [1.29, 1.82) is 0 Å². The second-order valence-corrected chi connectivity index (χ2v) is 7.63. The first-order chi connectivity index (χ1) is 15.1. The summed E-state index contributed by atoms with van der Waals surface area (Å²) in [5.41, 5.74) is 2.17. The number of fused-ring (bicyclic) bond motifs is 2. The van der Waals surface area contributed by atoms with E-state index < -0.39 is 0 Å². The van der Waals surface area contributed by atoms with Crippen LogP contribution in [-0.4, -0.2) is 46.6 Å². The quantitative estimate of drug-likeness (QED) is 0.631. The molecule has 8 heteroatoms. The van der Waals surface area contributed by atoms with Crippen molar-refractivity contribution in [2.45, 2.75) is 19.6 Å². The van der Waals surface area contributed by atoms with Crippen LogP contribution >= 0.6 is 0 Å². The molecule has 0 saturated heterocycles. The summed E-state index contributed by atoms with van der Waals surface area (Å²) >= 11 is 0. The van der Waals surface area contributed by atoms with Crippen molar-refractivity contribution >= 4 is 5.91 Å². The van der Waals surface area contributed by atoms with E-state index in [4.69, 9.17) is 18.9 Å². The summed E-state index contributed by atoms with van der Waals surface area (Å²) in [7, 11) is 1.77. The number of ether oxygens (including phenoxy) is 4. The lowest BCUT2D eigenvalue weighted by molar-refractivity contribution is 0.0435. The van der Waals surface area contributed by atoms with E-state index >= 15 is 0 Å². The zero-order valence-electron chi connectivity index (χ0n) is 17.4. The Morgan fingerprint density at radius 1 is 1.10 bits per heavy atom. The van der Waals surface area contributed by atoms with Crippen molar-refractivity contribution in [2.24, 2.45) is 7.05 Å². The predicted octanol–water partition coefficient (Wildman–Crippen LogP) is 2.94. The van der Waals surface area contributed by atoms with Crippen molar-refractivity contribution in [2.75, 3.05) is 19.9 Å². The molecule has 2 aliphatic rings. The van der Waals surface area contributed by atoms with Gasteiger partial charge in [-0.15, -0.1) is 0 Å². The summed E-state index contributed by atoms with van der Waals surface area (Å²) in [5.74, 6) is 2.62. The van der Waals surface area contributed by atoms with Gasteiger partial charge in [0.25, 0.3) is 5.91 Å². The Morgan fingerprint density at radius 3 is 2.71 bits per heavy atom. The minimum atomic E-state index is -0.304. The summed E-state index contributed by atoms with van der Waals surface area (Å²) in [6, 6.07) is 15.0. The van der Waals surface area contributed by atoms with Gasteiger partial charge in [-0.25, -0.2) is 0 Å². The van der Waals surface area contributed by atoms with E-state index in [1.165, 1.54) is 0 Å². The fraction of sp³-hybridized carbons (Fsp3) is 0.304. The molecule has 1 aromatic heterocycles. The number of amides is 1. The highest BCUT2D eigenvalue weighted by Gasteiger charge is 2.29. The maximum atomic E-state index is 13.5. The Hall–Kier alpha value is -3.68. The van der Waals surface area contributed by atoms with Gasteiger partial charge >= 0.3 is 0 Å². The topological polar surface area (TPSA) is 75.1 Å². The average Bonchev–Trinajstić information content (AvgIpc) is 3.39. The molecule has 3 aromatic rings. The lowest BCUT2D eigenvalue weighted by atomic mass is 10.1. The van der Waals surface area contributed by atoms with Gasteiger partial charge in [-0.1, -0.05) is 24.3 Å². The molecule has 2 aliphatic heterocycles. The van der Waals surface area contributed by atoms with Crippen molar-refractivity contribution in [3.8, 4) is 23.0 Å². The maximum absolute atomic E-state index is 13.5. The molecule has 0 saturated carbocycles. The Kier molecular flexibility index (Phi) is 4.89.